The zero-order valence-electron chi connectivity index (χ0n) is 15.3. The molecule has 1 aromatic carbocycles. The third-order valence-electron chi connectivity index (χ3n) is 4.43. The van der Waals surface area contributed by atoms with Crippen molar-refractivity contribution in [3.8, 4) is 0 Å². The van der Waals surface area contributed by atoms with E-state index >= 15 is 0 Å². The molecule has 26 heavy (non-hydrogen) atoms. The average molecular weight is 486 g/mol. The van der Waals surface area contributed by atoms with E-state index in [0.29, 0.717) is 0 Å². The lowest BCUT2D eigenvalue weighted by atomic mass is 10.1. The summed E-state index contributed by atoms with van der Waals surface area (Å²) >= 11 is 6.12. The molecule has 0 unspecified atom stereocenters. The van der Waals surface area contributed by atoms with Gasteiger partial charge in [0, 0.05) is 61.7 Å². The second-order valence-electron chi connectivity index (χ2n) is 6.19. The molecule has 2 heterocycles. The molecule has 0 bridgehead atoms. The number of benzene rings is 1. The number of aliphatic imine (C=N–C) groups is 1. The molecule has 0 spiro atoms. The Bertz CT molecular complexity index is 883. The van der Waals surface area contributed by atoms with E-state index in [1.165, 1.54) is 16.6 Å². The summed E-state index contributed by atoms with van der Waals surface area (Å²) in [5, 5.41) is 5.38. The van der Waals surface area contributed by atoms with Crippen LogP contribution < -0.4 is 5.32 Å². The van der Waals surface area contributed by atoms with Crippen LogP contribution in [-0.4, -0.2) is 41.1 Å². The molecule has 0 radical (unpaired) electrons. The van der Waals surface area contributed by atoms with Gasteiger partial charge in [-0.15, -0.1) is 24.0 Å². The smallest absolute Gasteiger partial charge is 0.193 e. The zero-order valence-corrected chi connectivity index (χ0v) is 18.4. The Hall–Kier alpha value is -1.67. The molecule has 0 saturated carbocycles. The first-order valence-electron chi connectivity index (χ1n) is 8.36. The first kappa shape index (κ1) is 20.6. The lowest BCUT2D eigenvalue weighted by Gasteiger charge is -2.22. The first-order chi connectivity index (χ1) is 12.1. The maximum atomic E-state index is 6.12. The van der Waals surface area contributed by atoms with Gasteiger partial charge in [-0.25, -0.2) is 0 Å². The number of hydrogen-bond acceptors (Lipinski definition) is 1. The largest absolute Gasteiger partial charge is 0.361 e. The predicted molar refractivity (Wildman–Crippen MR) is 121 cm³/mol. The number of hydrogen-bond donors (Lipinski definition) is 2. The number of halogens is 2. The van der Waals surface area contributed by atoms with Gasteiger partial charge in [-0.3, -0.25) is 4.99 Å². The summed E-state index contributed by atoms with van der Waals surface area (Å²) in [4.78, 5) is 9.81. The molecule has 0 aliphatic heterocycles. The third-order valence-corrected chi connectivity index (χ3v) is 4.67. The number of nitrogens with one attached hydrogen (secondary N) is 2. The number of aromatic nitrogens is 2. The average Bonchev–Trinajstić information content (AvgIpc) is 3.18. The Morgan fingerprint density at radius 3 is 2.85 bits per heavy atom. The van der Waals surface area contributed by atoms with E-state index in [1.807, 2.05) is 32.3 Å². The molecule has 0 fully saturated rings. The minimum atomic E-state index is 0. The summed E-state index contributed by atoms with van der Waals surface area (Å²) in [7, 11) is 5.92. The number of rotatable bonds is 5. The molecule has 0 aliphatic carbocycles. The Morgan fingerprint density at radius 2 is 2.15 bits per heavy atom. The van der Waals surface area contributed by atoms with Crippen molar-refractivity contribution in [2.24, 2.45) is 12.0 Å². The van der Waals surface area contributed by atoms with Crippen LogP contribution in [0, 0.1) is 0 Å². The highest BCUT2D eigenvalue weighted by Crippen LogP contribution is 2.22. The summed E-state index contributed by atoms with van der Waals surface area (Å²) in [5.41, 5.74) is 3.62. The number of aromatic amines is 1. The quantitative estimate of drug-likeness (QED) is 0.326. The Kier molecular flexibility index (Phi) is 7.40. The fourth-order valence-corrected chi connectivity index (χ4v) is 3.20. The molecular formula is C19H25ClIN5. The van der Waals surface area contributed by atoms with Gasteiger partial charge in [0.2, 0.25) is 0 Å². The molecule has 5 nitrogen and oxygen atoms in total. The number of aryl methyl sites for hydroxylation is 1. The van der Waals surface area contributed by atoms with Gasteiger partial charge in [0.1, 0.15) is 0 Å². The summed E-state index contributed by atoms with van der Waals surface area (Å²) < 4.78 is 2.12. The highest BCUT2D eigenvalue weighted by Gasteiger charge is 2.09. The van der Waals surface area contributed by atoms with Gasteiger partial charge in [0.25, 0.3) is 0 Å². The summed E-state index contributed by atoms with van der Waals surface area (Å²) in [6.07, 6.45) is 5.01. The van der Waals surface area contributed by atoms with Crippen molar-refractivity contribution in [2.75, 3.05) is 20.6 Å². The molecule has 0 atom stereocenters. The summed E-state index contributed by atoms with van der Waals surface area (Å²) in [5.74, 6) is 0.888. The normalized spacial score (nSPS) is 11.5. The number of fused-ring (bicyclic) bond motifs is 1. The number of H-pyrrole nitrogens is 1. The van der Waals surface area contributed by atoms with Gasteiger partial charge >= 0.3 is 0 Å². The van der Waals surface area contributed by atoms with E-state index in [0.717, 1.165) is 36.0 Å². The lowest BCUT2D eigenvalue weighted by Crippen LogP contribution is -2.39. The van der Waals surface area contributed by atoms with Crippen molar-refractivity contribution >= 4 is 52.4 Å². The number of guanidine groups is 1. The van der Waals surface area contributed by atoms with Crippen LogP contribution in [0.25, 0.3) is 10.9 Å². The molecule has 3 aromatic rings. The summed E-state index contributed by atoms with van der Waals surface area (Å²) in [6, 6.07) is 10.1. The van der Waals surface area contributed by atoms with Crippen LogP contribution in [0.4, 0.5) is 0 Å². The SMILES string of the molecule is CN=C(NCCc1c[nH]c2ccc(Cl)cc12)N(C)Cc1cccn1C.I. The Labute approximate surface area is 176 Å². The Morgan fingerprint density at radius 1 is 1.35 bits per heavy atom. The second-order valence-corrected chi connectivity index (χ2v) is 6.63. The predicted octanol–water partition coefficient (Wildman–Crippen LogP) is 4.03. The lowest BCUT2D eigenvalue weighted by molar-refractivity contribution is 0.462. The van der Waals surface area contributed by atoms with Gasteiger partial charge in [-0.1, -0.05) is 11.6 Å². The van der Waals surface area contributed by atoms with Crippen LogP contribution in [-0.2, 0) is 20.0 Å². The standard InChI is InChI=1S/C19H24ClN5.HI/c1-21-19(25(3)13-16-5-4-10-24(16)2)22-9-8-14-12-23-18-7-6-15(20)11-17(14)18;/h4-7,10-12,23H,8-9,13H2,1-3H3,(H,21,22);1H. The van der Waals surface area contributed by atoms with Crippen LogP contribution in [0.5, 0.6) is 0 Å². The van der Waals surface area contributed by atoms with Crippen molar-refractivity contribution in [3.05, 3.63) is 59.0 Å². The van der Waals surface area contributed by atoms with Crippen LogP contribution >= 0.6 is 35.6 Å². The molecular weight excluding hydrogens is 461 g/mol. The van der Waals surface area contributed by atoms with Crippen LogP contribution in [0.2, 0.25) is 5.02 Å². The molecule has 0 aliphatic rings. The highest BCUT2D eigenvalue weighted by molar-refractivity contribution is 14.0. The second kappa shape index (κ2) is 9.32. The fourth-order valence-electron chi connectivity index (χ4n) is 3.03. The van der Waals surface area contributed by atoms with Gasteiger partial charge < -0.3 is 19.8 Å². The topological polar surface area (TPSA) is 48.4 Å². The van der Waals surface area contributed by atoms with Gasteiger partial charge in [-0.05, 0) is 42.3 Å². The van der Waals surface area contributed by atoms with Gasteiger partial charge in [-0.2, -0.15) is 0 Å². The van der Waals surface area contributed by atoms with Crippen molar-refractivity contribution in [2.45, 2.75) is 13.0 Å². The third kappa shape index (κ3) is 4.73. The van der Waals surface area contributed by atoms with Crippen molar-refractivity contribution in [1.29, 1.82) is 0 Å². The molecule has 3 rings (SSSR count). The zero-order chi connectivity index (χ0) is 17.8. The first-order valence-corrected chi connectivity index (χ1v) is 8.74. The van der Waals surface area contributed by atoms with E-state index in [1.54, 1.807) is 0 Å². The number of nitrogens with zero attached hydrogens (tertiary/aromatic N) is 3. The molecule has 140 valence electrons. The van der Waals surface area contributed by atoms with Gasteiger partial charge in [0.15, 0.2) is 5.96 Å². The van der Waals surface area contributed by atoms with E-state index in [9.17, 15) is 0 Å². The van der Waals surface area contributed by atoms with Crippen molar-refractivity contribution in [1.82, 2.24) is 19.8 Å². The van der Waals surface area contributed by atoms with Crippen molar-refractivity contribution in [3.63, 3.8) is 0 Å². The maximum Gasteiger partial charge on any atom is 0.193 e. The fraction of sp³-hybridized carbons (Fsp3) is 0.316. The van der Waals surface area contributed by atoms with E-state index in [2.05, 4.69) is 56.3 Å². The Balaban J connectivity index is 0.00000243. The monoisotopic (exact) mass is 485 g/mol. The van der Waals surface area contributed by atoms with Crippen molar-refractivity contribution < 1.29 is 0 Å². The van der Waals surface area contributed by atoms with Crippen LogP contribution in [0.15, 0.2) is 47.7 Å². The molecule has 2 aromatic heterocycles. The molecule has 2 N–H and O–H groups in total. The molecule has 7 heteroatoms. The minimum Gasteiger partial charge on any atom is -0.361 e. The highest BCUT2D eigenvalue weighted by atomic mass is 127. The maximum absolute atomic E-state index is 6.12. The van der Waals surface area contributed by atoms with E-state index in [-0.39, 0.29) is 24.0 Å². The summed E-state index contributed by atoms with van der Waals surface area (Å²) in [6.45, 7) is 1.62. The van der Waals surface area contributed by atoms with Crippen LogP contribution in [0.3, 0.4) is 0 Å². The van der Waals surface area contributed by atoms with Gasteiger partial charge in [0.05, 0.1) is 6.54 Å². The van der Waals surface area contributed by atoms with E-state index < -0.39 is 0 Å². The minimum absolute atomic E-state index is 0. The molecule has 0 amide bonds. The molecule has 0 saturated heterocycles. The van der Waals surface area contributed by atoms with E-state index in [4.69, 9.17) is 11.6 Å². The van der Waals surface area contributed by atoms with Crippen LogP contribution in [0.1, 0.15) is 11.3 Å².